The molecule has 0 saturated heterocycles. The van der Waals surface area contributed by atoms with Crippen molar-refractivity contribution in [3.63, 3.8) is 0 Å². The van der Waals surface area contributed by atoms with E-state index in [1.165, 1.54) is 25.3 Å². The molecular weight excluding hydrogens is 309 g/mol. The molecule has 0 aliphatic heterocycles. The quantitative estimate of drug-likeness (QED) is 0.741. The fourth-order valence-electron chi connectivity index (χ4n) is 2.42. The van der Waals surface area contributed by atoms with Crippen LogP contribution in [0, 0.1) is 5.82 Å². The van der Waals surface area contributed by atoms with Gasteiger partial charge in [0, 0.05) is 10.9 Å². The van der Waals surface area contributed by atoms with Gasteiger partial charge in [-0.2, -0.15) is 0 Å². The molecule has 24 heavy (non-hydrogen) atoms. The monoisotopic (exact) mass is 322 g/mol. The summed E-state index contributed by atoms with van der Waals surface area (Å²) in [6.45, 7) is 0. The smallest absolute Gasteiger partial charge is 0.165 e. The van der Waals surface area contributed by atoms with Crippen molar-refractivity contribution >= 4 is 29.0 Å². The highest BCUT2D eigenvalue weighted by Crippen LogP contribution is 2.21. The molecule has 4 nitrogen and oxygen atoms in total. The average Bonchev–Trinajstić information content (AvgIpc) is 2.59. The third-order valence-electron chi connectivity index (χ3n) is 3.58. The van der Waals surface area contributed by atoms with Gasteiger partial charge >= 0.3 is 0 Å². The number of aromatic nitrogens is 1. The number of hydrogen-bond donors (Lipinski definition) is 0. The zero-order valence-electron chi connectivity index (χ0n) is 12.8. The maximum Gasteiger partial charge on any atom is 0.165 e. The van der Waals surface area contributed by atoms with Crippen LogP contribution in [0.25, 0.3) is 23.1 Å². The van der Waals surface area contributed by atoms with Gasteiger partial charge in [-0.15, -0.1) is 0 Å². The maximum atomic E-state index is 13.7. The minimum Gasteiger partial charge on any atom is -0.545 e. The van der Waals surface area contributed by atoms with E-state index in [1.54, 1.807) is 42.5 Å². The maximum absolute atomic E-state index is 13.7. The molecule has 0 amide bonds. The zero-order valence-corrected chi connectivity index (χ0v) is 12.8. The summed E-state index contributed by atoms with van der Waals surface area (Å²) in [5.41, 5.74) is 1.68. The molecule has 0 fully saturated rings. The summed E-state index contributed by atoms with van der Waals surface area (Å²) in [5, 5.41) is 11.8. The number of fused-ring (bicyclic) bond motifs is 1. The fourth-order valence-corrected chi connectivity index (χ4v) is 2.42. The Morgan fingerprint density at radius 3 is 2.67 bits per heavy atom. The topological polar surface area (TPSA) is 62.2 Å². The van der Waals surface area contributed by atoms with Gasteiger partial charge < -0.3 is 14.6 Å². The first-order valence-corrected chi connectivity index (χ1v) is 7.21. The van der Waals surface area contributed by atoms with E-state index in [1.807, 2.05) is 0 Å². The Labute approximate surface area is 137 Å². The number of carbonyl (C=O) groups is 1. The van der Waals surface area contributed by atoms with Gasteiger partial charge in [-0.1, -0.05) is 30.3 Å². The Bertz CT molecular complexity index is 950. The number of nitrogens with zero attached hydrogens (tertiary/aromatic N) is 1. The Morgan fingerprint density at radius 1 is 1.17 bits per heavy atom. The number of hydrogen-bond acceptors (Lipinski definition) is 4. The summed E-state index contributed by atoms with van der Waals surface area (Å²) in [4.78, 5) is 15.7. The van der Waals surface area contributed by atoms with Crippen molar-refractivity contribution in [3.05, 3.63) is 71.2 Å². The molecule has 0 N–H and O–H groups in total. The molecule has 5 heteroatoms. The number of ether oxygens (including phenoxy) is 1. The van der Waals surface area contributed by atoms with Crippen molar-refractivity contribution in [2.45, 2.75) is 0 Å². The Balaban J connectivity index is 2.00. The van der Waals surface area contributed by atoms with E-state index in [-0.39, 0.29) is 11.3 Å². The van der Waals surface area contributed by atoms with Crippen LogP contribution in [0.5, 0.6) is 5.75 Å². The Kier molecular flexibility index (Phi) is 4.24. The lowest BCUT2D eigenvalue weighted by molar-refractivity contribution is -0.254. The molecular formula is C19H13FNO3-. The molecule has 1 aromatic heterocycles. The van der Waals surface area contributed by atoms with E-state index in [2.05, 4.69) is 4.98 Å². The highest BCUT2D eigenvalue weighted by Gasteiger charge is 2.05. The van der Waals surface area contributed by atoms with E-state index in [0.29, 0.717) is 22.2 Å². The van der Waals surface area contributed by atoms with Crippen LogP contribution in [-0.4, -0.2) is 18.1 Å². The number of carbonyl (C=O) groups excluding carboxylic acids is 1. The van der Waals surface area contributed by atoms with Crippen LogP contribution in [0.4, 0.5) is 4.39 Å². The number of halogens is 1. The largest absolute Gasteiger partial charge is 0.545 e. The second kappa shape index (κ2) is 6.50. The van der Waals surface area contributed by atoms with Crippen LogP contribution >= 0.6 is 0 Å². The van der Waals surface area contributed by atoms with Gasteiger partial charge in [0.15, 0.2) is 11.6 Å². The van der Waals surface area contributed by atoms with E-state index in [0.717, 1.165) is 0 Å². The molecule has 0 unspecified atom stereocenters. The molecule has 0 atom stereocenters. The normalized spacial score (nSPS) is 11.1. The summed E-state index contributed by atoms with van der Waals surface area (Å²) < 4.78 is 18.6. The molecule has 0 aliphatic carbocycles. The lowest BCUT2D eigenvalue weighted by Gasteiger charge is -2.08. The van der Waals surface area contributed by atoms with Crippen LogP contribution in [0.3, 0.4) is 0 Å². The highest BCUT2D eigenvalue weighted by atomic mass is 19.1. The van der Waals surface area contributed by atoms with Crippen LogP contribution in [0.1, 0.15) is 21.6 Å². The van der Waals surface area contributed by atoms with Crippen molar-refractivity contribution in [3.8, 4) is 5.75 Å². The standard InChI is InChI=1S/C19H14FNO3/c1-24-18-9-7-12(10-16(18)20)6-8-13-11-15(19(22)23)14-4-2-3-5-17(14)21-13/h2-11H,1H3,(H,22,23)/p-1/b8-6+. The molecule has 0 saturated carbocycles. The van der Waals surface area contributed by atoms with Crippen LogP contribution in [0.2, 0.25) is 0 Å². The van der Waals surface area contributed by atoms with Gasteiger partial charge in [0.2, 0.25) is 0 Å². The molecule has 0 aliphatic rings. The van der Waals surface area contributed by atoms with Crippen LogP contribution < -0.4 is 9.84 Å². The van der Waals surface area contributed by atoms with E-state index >= 15 is 0 Å². The van der Waals surface area contributed by atoms with Crippen LogP contribution in [-0.2, 0) is 0 Å². The SMILES string of the molecule is COc1ccc(/C=C/c2cc(C(=O)[O-])c3ccccc3n2)cc1F. The average molecular weight is 322 g/mol. The second-order valence-corrected chi connectivity index (χ2v) is 5.13. The van der Waals surface area contributed by atoms with Crippen molar-refractivity contribution in [2.75, 3.05) is 7.11 Å². The second-order valence-electron chi connectivity index (χ2n) is 5.13. The van der Waals surface area contributed by atoms with Gasteiger partial charge in [-0.05, 0) is 35.9 Å². The zero-order chi connectivity index (χ0) is 17.1. The first-order valence-electron chi connectivity index (χ1n) is 7.21. The van der Waals surface area contributed by atoms with Crippen molar-refractivity contribution in [2.24, 2.45) is 0 Å². The summed E-state index contributed by atoms with van der Waals surface area (Å²) >= 11 is 0. The molecule has 2 aromatic carbocycles. The van der Waals surface area contributed by atoms with Crippen LogP contribution in [0.15, 0.2) is 48.5 Å². The minimum atomic E-state index is -1.27. The Hall–Kier alpha value is -3.21. The molecule has 0 bridgehead atoms. The van der Waals surface area contributed by atoms with E-state index in [9.17, 15) is 14.3 Å². The van der Waals surface area contributed by atoms with E-state index < -0.39 is 11.8 Å². The highest BCUT2D eigenvalue weighted by molar-refractivity contribution is 6.02. The van der Waals surface area contributed by atoms with Gasteiger partial charge in [0.25, 0.3) is 0 Å². The molecule has 1 heterocycles. The van der Waals surface area contributed by atoms with Gasteiger partial charge in [-0.25, -0.2) is 9.37 Å². The number of pyridine rings is 1. The number of carboxylic acids is 1. The molecule has 0 radical (unpaired) electrons. The first-order chi connectivity index (χ1) is 11.6. The lowest BCUT2D eigenvalue weighted by atomic mass is 10.1. The van der Waals surface area contributed by atoms with Gasteiger partial charge in [0.05, 0.1) is 24.3 Å². The molecule has 3 aromatic rings. The number of rotatable bonds is 4. The predicted octanol–water partition coefficient (Wildman–Crippen LogP) is 2.92. The minimum absolute atomic E-state index is 0.0705. The summed E-state index contributed by atoms with van der Waals surface area (Å²) in [7, 11) is 1.40. The van der Waals surface area contributed by atoms with Gasteiger partial charge in [0.1, 0.15) is 0 Å². The third kappa shape index (κ3) is 3.10. The lowest BCUT2D eigenvalue weighted by Crippen LogP contribution is -2.22. The number of methoxy groups -OCH3 is 1. The fraction of sp³-hybridized carbons (Fsp3) is 0.0526. The van der Waals surface area contributed by atoms with Crippen molar-refractivity contribution in [1.82, 2.24) is 4.98 Å². The number of para-hydroxylation sites is 1. The van der Waals surface area contributed by atoms with Crippen molar-refractivity contribution < 1.29 is 19.0 Å². The summed E-state index contributed by atoms with van der Waals surface area (Å²) in [6.07, 6.45) is 3.28. The Morgan fingerprint density at radius 2 is 1.96 bits per heavy atom. The number of aromatic carboxylic acids is 1. The number of carboxylic acid groups (broad SMARTS) is 1. The summed E-state index contributed by atoms with van der Waals surface area (Å²) in [5.74, 6) is -1.57. The third-order valence-corrected chi connectivity index (χ3v) is 3.58. The number of benzene rings is 2. The van der Waals surface area contributed by atoms with Crippen molar-refractivity contribution in [1.29, 1.82) is 0 Å². The molecule has 120 valence electrons. The summed E-state index contributed by atoms with van der Waals surface area (Å²) in [6, 6.07) is 12.9. The van der Waals surface area contributed by atoms with E-state index in [4.69, 9.17) is 4.74 Å². The molecule has 3 rings (SSSR count). The predicted molar refractivity (Wildman–Crippen MR) is 88.0 cm³/mol. The van der Waals surface area contributed by atoms with Gasteiger partial charge in [-0.3, -0.25) is 0 Å². The first kappa shape index (κ1) is 15.7. The molecule has 0 spiro atoms.